The Labute approximate surface area is 397 Å². The molecule has 4 aliphatic heterocycles. The molecule has 4 rings (SSSR count). The molecule has 0 aliphatic carbocycles. The summed E-state index contributed by atoms with van der Waals surface area (Å²) >= 11 is 0. The summed E-state index contributed by atoms with van der Waals surface area (Å²) in [4.78, 5) is 29.7. The highest BCUT2D eigenvalue weighted by Crippen LogP contribution is 2.38. The predicted molar refractivity (Wildman–Crippen MR) is 242 cm³/mol. The molecule has 0 radical (unpaired) electrons. The Bertz CT molecular complexity index is 1590. The van der Waals surface area contributed by atoms with Crippen LogP contribution in [0.1, 0.15) is 87.5 Å². The Morgan fingerprint density at radius 1 is 0.821 bits per heavy atom. The smallest absolute Gasteiger partial charge is 0.308 e. The third-order valence-corrected chi connectivity index (χ3v) is 14.0. The van der Waals surface area contributed by atoms with Crippen molar-refractivity contribution in [2.45, 2.75) is 198 Å². The zero-order valence-electron chi connectivity index (χ0n) is 42.1. The summed E-state index contributed by atoms with van der Waals surface area (Å²) < 4.78 is 66.5. The zero-order valence-corrected chi connectivity index (χ0v) is 42.1. The van der Waals surface area contributed by atoms with Gasteiger partial charge in [0.25, 0.3) is 0 Å². The topological polar surface area (TPSA) is 240 Å². The lowest BCUT2D eigenvalue weighted by molar-refractivity contribution is -0.342. The van der Waals surface area contributed by atoms with Gasteiger partial charge in [-0.1, -0.05) is 38.5 Å². The number of nitrogens with zero attached hydrogens (tertiary/aromatic N) is 1. The minimum Gasteiger partial charge on any atom is -0.462 e. The van der Waals surface area contributed by atoms with Gasteiger partial charge in [-0.25, -0.2) is 0 Å². The van der Waals surface area contributed by atoms with Crippen molar-refractivity contribution >= 4 is 11.8 Å². The van der Waals surface area contributed by atoms with Crippen LogP contribution in [0.3, 0.4) is 0 Å². The zero-order chi connectivity index (χ0) is 50.1. The van der Waals surface area contributed by atoms with E-state index in [0.717, 1.165) is 0 Å². The van der Waals surface area contributed by atoms with Gasteiger partial charge in [0.1, 0.15) is 42.7 Å². The maximum Gasteiger partial charge on any atom is 0.308 e. The van der Waals surface area contributed by atoms with Crippen LogP contribution in [-0.2, 0) is 61.7 Å². The first-order valence-electron chi connectivity index (χ1n) is 23.7. The normalized spacial score (nSPS) is 44.6. The van der Waals surface area contributed by atoms with Crippen molar-refractivity contribution in [3.63, 3.8) is 0 Å². The average molecular weight is 962 g/mol. The lowest BCUT2D eigenvalue weighted by Gasteiger charge is -2.50. The number of hydrogen-bond acceptors (Lipinski definition) is 19. The molecule has 4 heterocycles. The van der Waals surface area contributed by atoms with E-state index >= 15 is 0 Å². The van der Waals surface area contributed by atoms with Crippen LogP contribution >= 0.6 is 0 Å². The van der Waals surface area contributed by atoms with Gasteiger partial charge in [0.05, 0.1) is 55.2 Å². The molecule has 0 unspecified atom stereocenters. The predicted octanol–water partition coefficient (Wildman–Crippen LogP) is 2.25. The molecule has 0 amide bonds. The van der Waals surface area contributed by atoms with E-state index in [9.17, 15) is 35.1 Å². The second-order valence-electron chi connectivity index (χ2n) is 19.5. The van der Waals surface area contributed by atoms with Crippen LogP contribution < -0.4 is 0 Å². The quantitative estimate of drug-likeness (QED) is 0.117. The highest BCUT2D eigenvalue weighted by molar-refractivity contribution is 5.91. The van der Waals surface area contributed by atoms with Crippen molar-refractivity contribution in [1.82, 2.24) is 4.90 Å². The van der Waals surface area contributed by atoms with Gasteiger partial charge in [0, 0.05) is 59.0 Å². The number of allylic oxidation sites excluding steroid dienone is 3. The molecule has 0 aromatic heterocycles. The molecule has 388 valence electrons. The molecule has 21 atom stereocenters. The van der Waals surface area contributed by atoms with E-state index in [-0.39, 0.29) is 31.7 Å². The molecule has 3 fully saturated rings. The number of carbonyl (C=O) groups excluding carboxylic acids is 2. The summed E-state index contributed by atoms with van der Waals surface area (Å²) in [6.07, 6.45) is -9.27. The molecule has 0 saturated carbocycles. The molecule has 19 heteroatoms. The van der Waals surface area contributed by atoms with Gasteiger partial charge in [-0.3, -0.25) is 9.59 Å². The van der Waals surface area contributed by atoms with Gasteiger partial charge < -0.3 is 82.5 Å². The molecule has 0 aromatic rings. The Balaban J connectivity index is 1.67. The number of methoxy groups -OCH3 is 4. The molecule has 0 bridgehead atoms. The maximum atomic E-state index is 14.0. The second-order valence-corrected chi connectivity index (χ2v) is 19.5. The Morgan fingerprint density at radius 2 is 1.46 bits per heavy atom. The Kier molecular flexibility index (Phi) is 22.3. The molecule has 4 aliphatic rings. The molecular formula is C48H83NO18. The highest BCUT2D eigenvalue weighted by atomic mass is 16.7. The molecule has 0 aromatic carbocycles. The minimum atomic E-state index is -1.49. The SMILES string of the molecule is CC[C@H]1OC(=O)C[C@@H](O)[C@H](C)[C@@H](O[C@@H]2O[C@H](C)[C@@H](O[C@H]3C[C@@](C)(O)[C@@H](O)[C@H](C)O3)[C@H](N(C)C)[C@H]2O)[C@@H](CC(OC)OC)C[C@@H](C)C(=O)/C=C/C(C)=C/[C@@H]1CO[C@@H]1O[C@H](C)[C@@H](O)[C@@H](OC)[C@H]1OC. The van der Waals surface area contributed by atoms with E-state index in [2.05, 4.69) is 0 Å². The van der Waals surface area contributed by atoms with Crippen LogP contribution in [0.5, 0.6) is 0 Å². The maximum absolute atomic E-state index is 14.0. The average Bonchev–Trinajstić information content (AvgIpc) is 3.27. The van der Waals surface area contributed by atoms with E-state index in [0.29, 0.717) is 12.0 Å². The molecule has 3 saturated heterocycles. The summed E-state index contributed by atoms with van der Waals surface area (Å²) in [5.41, 5.74) is -0.783. The number of cyclic esters (lactones) is 1. The lowest BCUT2D eigenvalue weighted by Crippen LogP contribution is -2.65. The first kappa shape index (κ1) is 57.6. The monoisotopic (exact) mass is 962 g/mol. The number of carbonyl (C=O) groups is 2. The summed E-state index contributed by atoms with van der Waals surface area (Å²) in [6, 6.07) is -0.735. The largest absolute Gasteiger partial charge is 0.462 e. The van der Waals surface area contributed by atoms with Gasteiger partial charge in [-0.2, -0.15) is 0 Å². The second kappa shape index (κ2) is 25.9. The van der Waals surface area contributed by atoms with E-state index in [4.69, 9.17) is 52.1 Å². The summed E-state index contributed by atoms with van der Waals surface area (Å²) in [7, 11) is 9.49. The number of aliphatic hydroxyl groups is 5. The molecular weight excluding hydrogens is 879 g/mol. The molecule has 19 nitrogen and oxygen atoms in total. The molecule has 0 spiro atoms. The minimum absolute atomic E-state index is 0.000526. The van der Waals surface area contributed by atoms with Crippen molar-refractivity contribution in [3.8, 4) is 0 Å². The van der Waals surface area contributed by atoms with Gasteiger partial charge in [-0.15, -0.1) is 0 Å². The highest BCUT2D eigenvalue weighted by Gasteiger charge is 2.52. The number of rotatable bonds is 15. The van der Waals surface area contributed by atoms with Gasteiger partial charge in [0.2, 0.25) is 0 Å². The standard InChI is InChI=1S/C48H83NO18/c1-15-34-31(23-61-47-44(60-14)43(59-13)39(53)27(5)63-47)18-24(2)16-17-32(50)25(3)19-30(20-36(57-11)58-12)41(26(4)33(51)21-35(52)65-34)67-46-40(54)38(49(9)10)42(28(6)64-46)66-37-22-48(8,56)45(55)29(7)62-37/h16-18,25-31,33-34,36-47,51,53-56H,15,19-23H2,1-14H3/b17-16+,24-18+/t25-,26+,27-,28-,29+,30-,31-,33-,34-,37+,38-,39-,40-,41-,42-,43-,44-,45+,46+,47-,48-/m1/s1. The summed E-state index contributed by atoms with van der Waals surface area (Å²) in [6.45, 7) is 13.9. The van der Waals surface area contributed by atoms with Gasteiger partial charge >= 0.3 is 5.97 Å². The number of aliphatic hydroxyl groups excluding tert-OH is 4. The number of ether oxygens (including phenoxy) is 11. The number of esters is 1. The number of likely N-dealkylation sites (N-methyl/N-ethyl adjacent to an activating group) is 1. The number of hydrogen-bond donors (Lipinski definition) is 5. The van der Waals surface area contributed by atoms with Crippen LogP contribution in [0.2, 0.25) is 0 Å². The van der Waals surface area contributed by atoms with Crippen LogP contribution in [-0.4, -0.2) is 201 Å². The third-order valence-electron chi connectivity index (χ3n) is 14.0. The Hall–Kier alpha value is -2.02. The molecule has 67 heavy (non-hydrogen) atoms. The lowest BCUT2D eigenvalue weighted by atomic mass is 9.79. The van der Waals surface area contributed by atoms with Gasteiger partial charge in [-0.05, 0) is 73.5 Å². The van der Waals surface area contributed by atoms with E-state index in [1.807, 2.05) is 19.9 Å². The summed E-state index contributed by atoms with van der Waals surface area (Å²) in [5, 5.41) is 56.3. The van der Waals surface area contributed by atoms with E-state index < -0.39 is 146 Å². The fourth-order valence-corrected chi connectivity index (χ4v) is 9.92. The molecule has 5 N–H and O–H groups in total. The van der Waals surface area contributed by atoms with Crippen LogP contribution in [0.25, 0.3) is 0 Å². The first-order valence-corrected chi connectivity index (χ1v) is 23.7. The van der Waals surface area contributed by atoms with Gasteiger partial charge in [0.15, 0.2) is 30.9 Å². The third kappa shape index (κ3) is 14.8. The van der Waals surface area contributed by atoms with E-state index in [1.165, 1.54) is 41.4 Å². The van der Waals surface area contributed by atoms with Crippen molar-refractivity contribution in [2.75, 3.05) is 49.1 Å². The van der Waals surface area contributed by atoms with Crippen LogP contribution in [0.15, 0.2) is 23.8 Å². The Morgan fingerprint density at radius 3 is 2.04 bits per heavy atom. The summed E-state index contributed by atoms with van der Waals surface area (Å²) in [5.74, 6) is -3.34. The number of ketones is 1. The van der Waals surface area contributed by atoms with Crippen LogP contribution in [0, 0.1) is 23.7 Å². The van der Waals surface area contributed by atoms with Crippen LogP contribution in [0.4, 0.5) is 0 Å². The fourth-order valence-electron chi connectivity index (χ4n) is 9.92. The van der Waals surface area contributed by atoms with Crippen molar-refractivity contribution in [3.05, 3.63) is 23.8 Å². The van der Waals surface area contributed by atoms with Crippen molar-refractivity contribution in [1.29, 1.82) is 0 Å². The first-order chi connectivity index (χ1) is 31.5. The van der Waals surface area contributed by atoms with E-state index in [1.54, 1.807) is 59.7 Å². The fraction of sp³-hybridized carbons (Fsp3) is 0.875. The van der Waals surface area contributed by atoms with Crippen molar-refractivity contribution < 1.29 is 87.2 Å². The van der Waals surface area contributed by atoms with Crippen molar-refractivity contribution in [2.24, 2.45) is 23.7 Å².